The molecule has 4 N–H and O–H groups in total. The van der Waals surface area contributed by atoms with E-state index in [0.717, 1.165) is 44.9 Å². The molecule has 1 amide bonds. The van der Waals surface area contributed by atoms with Crippen molar-refractivity contribution in [1.82, 2.24) is 5.32 Å². The van der Waals surface area contributed by atoms with Gasteiger partial charge in [0, 0.05) is 12.8 Å². The third kappa shape index (κ3) is 38.9. The molecule has 0 aliphatic rings. The number of amides is 1. The summed E-state index contributed by atoms with van der Waals surface area (Å²) >= 11 is 0. The molecule has 3 atom stereocenters. The SMILES string of the molecule is CCCCCCCCC/C=C\CCCCCCCCCC(=O)OCC(O)COP(=O)(O)OCC(NC(=O)CCCCCCCCCCCCCCC)C(=O)O. The maximum atomic E-state index is 12.3. The highest BCUT2D eigenvalue weighted by molar-refractivity contribution is 7.47. The number of esters is 1. The standard InChI is InChI=1S/C43H82NO10P/c1-3-5-7-9-11-13-15-17-18-19-20-21-23-25-27-29-31-33-35-42(47)52-36-39(45)37-53-55(50,51)54-38-40(43(48)49)44-41(46)34-32-30-28-26-24-22-16-14-12-10-8-6-4-2/h18-19,39-40,45H,3-17,20-38H2,1-2H3,(H,44,46)(H,48,49)(H,50,51)/b19-18-. The number of nitrogens with one attached hydrogen (secondary N) is 1. The Bertz CT molecular complexity index is 995. The zero-order valence-electron chi connectivity index (χ0n) is 35.0. The van der Waals surface area contributed by atoms with Crippen LogP contribution >= 0.6 is 7.82 Å². The third-order valence-electron chi connectivity index (χ3n) is 9.80. The van der Waals surface area contributed by atoms with E-state index in [9.17, 15) is 34.1 Å². The average Bonchev–Trinajstić information content (AvgIpc) is 3.16. The second kappa shape index (κ2) is 39.1. The number of unbranched alkanes of at least 4 members (excludes halogenated alkanes) is 26. The van der Waals surface area contributed by atoms with E-state index in [-0.39, 0.29) is 12.8 Å². The summed E-state index contributed by atoms with van der Waals surface area (Å²) in [5.74, 6) is -2.37. The minimum Gasteiger partial charge on any atom is -0.480 e. The average molecular weight is 804 g/mol. The van der Waals surface area contributed by atoms with E-state index in [1.807, 2.05) is 0 Å². The van der Waals surface area contributed by atoms with E-state index in [2.05, 4.69) is 31.3 Å². The predicted molar refractivity (Wildman–Crippen MR) is 222 cm³/mol. The van der Waals surface area contributed by atoms with Crippen molar-refractivity contribution in [2.45, 2.75) is 225 Å². The fourth-order valence-electron chi connectivity index (χ4n) is 6.31. The quantitative estimate of drug-likeness (QED) is 0.0202. The molecule has 0 heterocycles. The van der Waals surface area contributed by atoms with Crippen molar-refractivity contribution in [2.75, 3.05) is 19.8 Å². The number of carbonyl (C=O) groups excluding carboxylic acids is 2. The first kappa shape index (κ1) is 53.2. The van der Waals surface area contributed by atoms with Crippen LogP contribution in [0.4, 0.5) is 0 Å². The van der Waals surface area contributed by atoms with Crippen LogP contribution in [-0.2, 0) is 32.7 Å². The lowest BCUT2D eigenvalue weighted by Gasteiger charge is -2.18. The molecule has 0 rings (SSSR count). The fraction of sp³-hybridized carbons (Fsp3) is 0.884. The van der Waals surface area contributed by atoms with Crippen LogP contribution in [0, 0.1) is 0 Å². The van der Waals surface area contributed by atoms with Gasteiger partial charge in [0.15, 0.2) is 6.04 Å². The Hall–Kier alpha value is -1.78. The van der Waals surface area contributed by atoms with Crippen molar-refractivity contribution in [3.8, 4) is 0 Å². The van der Waals surface area contributed by atoms with Gasteiger partial charge in [-0.3, -0.25) is 18.6 Å². The molecule has 3 unspecified atom stereocenters. The normalized spacial score (nSPS) is 13.8. The van der Waals surface area contributed by atoms with Crippen molar-refractivity contribution in [2.24, 2.45) is 0 Å². The van der Waals surface area contributed by atoms with Crippen LogP contribution in [0.5, 0.6) is 0 Å². The smallest absolute Gasteiger partial charge is 0.472 e. The first-order valence-electron chi connectivity index (χ1n) is 22.2. The molecular weight excluding hydrogens is 721 g/mol. The summed E-state index contributed by atoms with van der Waals surface area (Å²) in [6, 6.07) is -1.54. The summed E-state index contributed by atoms with van der Waals surface area (Å²) in [6.07, 6.45) is 38.0. The first-order valence-corrected chi connectivity index (χ1v) is 23.7. The minimum atomic E-state index is -4.75. The van der Waals surface area contributed by atoms with Gasteiger partial charge in [0.25, 0.3) is 0 Å². The van der Waals surface area contributed by atoms with E-state index in [1.54, 1.807) is 0 Å². The molecule has 0 aliphatic carbocycles. The van der Waals surface area contributed by atoms with Gasteiger partial charge in [-0.25, -0.2) is 9.36 Å². The number of carboxylic acids is 1. The number of carboxylic acid groups (broad SMARTS) is 1. The molecule has 55 heavy (non-hydrogen) atoms. The monoisotopic (exact) mass is 804 g/mol. The van der Waals surface area contributed by atoms with Gasteiger partial charge in [-0.2, -0.15) is 0 Å². The Kier molecular flexibility index (Phi) is 37.8. The number of allylic oxidation sites excluding steroid dienone is 2. The molecule has 11 nitrogen and oxygen atoms in total. The van der Waals surface area contributed by atoms with Crippen molar-refractivity contribution in [1.29, 1.82) is 0 Å². The molecule has 12 heteroatoms. The second-order valence-electron chi connectivity index (χ2n) is 15.2. The molecule has 0 aromatic carbocycles. The Morgan fingerprint density at radius 3 is 1.38 bits per heavy atom. The lowest BCUT2D eigenvalue weighted by atomic mass is 10.0. The van der Waals surface area contributed by atoms with Crippen LogP contribution in [0.2, 0.25) is 0 Å². The molecule has 0 spiro atoms. The summed E-state index contributed by atoms with van der Waals surface area (Å²) < 4.78 is 26.8. The highest BCUT2D eigenvalue weighted by Crippen LogP contribution is 2.43. The van der Waals surface area contributed by atoms with Gasteiger partial charge in [-0.1, -0.05) is 174 Å². The van der Waals surface area contributed by atoms with Crippen LogP contribution in [0.15, 0.2) is 12.2 Å². The number of hydrogen-bond donors (Lipinski definition) is 4. The number of hydrogen-bond acceptors (Lipinski definition) is 8. The molecule has 0 saturated carbocycles. The van der Waals surface area contributed by atoms with Crippen LogP contribution < -0.4 is 5.32 Å². The zero-order valence-corrected chi connectivity index (χ0v) is 35.9. The van der Waals surface area contributed by atoms with E-state index >= 15 is 0 Å². The summed E-state index contributed by atoms with van der Waals surface area (Å²) in [4.78, 5) is 45.9. The number of phosphoric ester groups is 1. The van der Waals surface area contributed by atoms with Gasteiger partial charge >= 0.3 is 19.8 Å². The molecule has 0 bridgehead atoms. The predicted octanol–water partition coefficient (Wildman–Crippen LogP) is 11.3. The van der Waals surface area contributed by atoms with E-state index in [0.29, 0.717) is 12.8 Å². The first-order chi connectivity index (χ1) is 26.6. The number of aliphatic hydroxyl groups excluding tert-OH is 1. The number of phosphoric acid groups is 1. The molecule has 0 aromatic heterocycles. The Labute approximate surface area is 335 Å². The van der Waals surface area contributed by atoms with Gasteiger partial charge in [-0.15, -0.1) is 0 Å². The van der Waals surface area contributed by atoms with Crippen molar-refractivity contribution < 1.29 is 47.8 Å². The van der Waals surface area contributed by atoms with E-state index < -0.39 is 57.6 Å². The molecule has 0 saturated heterocycles. The number of carbonyl (C=O) groups is 3. The Morgan fingerprint density at radius 2 is 0.945 bits per heavy atom. The molecule has 0 aliphatic heterocycles. The van der Waals surface area contributed by atoms with Gasteiger partial charge in [0.05, 0.1) is 13.2 Å². The Morgan fingerprint density at radius 1 is 0.564 bits per heavy atom. The molecule has 0 radical (unpaired) electrons. The maximum Gasteiger partial charge on any atom is 0.472 e. The summed E-state index contributed by atoms with van der Waals surface area (Å²) in [5.41, 5.74) is 0. The number of aliphatic hydroxyl groups is 1. The van der Waals surface area contributed by atoms with Gasteiger partial charge in [-0.05, 0) is 38.5 Å². The fourth-order valence-corrected chi connectivity index (χ4v) is 7.08. The van der Waals surface area contributed by atoms with Crippen LogP contribution in [0.25, 0.3) is 0 Å². The van der Waals surface area contributed by atoms with E-state index in [4.69, 9.17) is 13.8 Å². The number of rotatable bonds is 42. The van der Waals surface area contributed by atoms with Crippen LogP contribution in [0.1, 0.15) is 213 Å². The van der Waals surface area contributed by atoms with Crippen molar-refractivity contribution >= 4 is 25.7 Å². The molecule has 0 aromatic rings. The van der Waals surface area contributed by atoms with Gasteiger partial charge in [0.1, 0.15) is 12.7 Å². The highest BCUT2D eigenvalue weighted by Gasteiger charge is 2.28. The summed E-state index contributed by atoms with van der Waals surface area (Å²) in [5, 5.41) is 21.8. The van der Waals surface area contributed by atoms with Crippen LogP contribution in [0.3, 0.4) is 0 Å². The number of ether oxygens (including phenoxy) is 1. The van der Waals surface area contributed by atoms with E-state index in [1.165, 1.54) is 128 Å². The third-order valence-corrected chi connectivity index (χ3v) is 10.8. The summed E-state index contributed by atoms with van der Waals surface area (Å²) in [6.45, 7) is 2.60. The van der Waals surface area contributed by atoms with Gasteiger partial charge < -0.3 is 25.2 Å². The molecular formula is C43H82NO10P. The van der Waals surface area contributed by atoms with Crippen LogP contribution in [-0.4, -0.2) is 64.9 Å². The van der Waals surface area contributed by atoms with Crippen molar-refractivity contribution in [3.05, 3.63) is 12.2 Å². The molecule has 0 fully saturated rings. The lowest BCUT2D eigenvalue weighted by molar-refractivity contribution is -0.147. The minimum absolute atomic E-state index is 0.150. The largest absolute Gasteiger partial charge is 0.480 e. The lowest BCUT2D eigenvalue weighted by Crippen LogP contribution is -2.43. The summed E-state index contributed by atoms with van der Waals surface area (Å²) in [7, 11) is -4.75. The second-order valence-corrected chi connectivity index (χ2v) is 16.7. The maximum absolute atomic E-state index is 12.3. The van der Waals surface area contributed by atoms with Crippen molar-refractivity contribution in [3.63, 3.8) is 0 Å². The zero-order chi connectivity index (χ0) is 40.7. The Balaban J connectivity index is 3.87. The number of aliphatic carboxylic acids is 1. The van der Waals surface area contributed by atoms with Gasteiger partial charge in [0.2, 0.25) is 5.91 Å². The molecule has 324 valence electrons. The topological polar surface area (TPSA) is 169 Å². The highest BCUT2D eigenvalue weighted by atomic mass is 31.2.